The highest BCUT2D eigenvalue weighted by molar-refractivity contribution is 5.90. The Balaban J connectivity index is 2.37. The van der Waals surface area contributed by atoms with Crippen LogP contribution in [0.25, 0.3) is 0 Å². The van der Waals surface area contributed by atoms with Gasteiger partial charge >= 0.3 is 0 Å². The Bertz CT molecular complexity index is 262. The second-order valence-electron chi connectivity index (χ2n) is 2.53. The summed E-state index contributed by atoms with van der Waals surface area (Å²) >= 11 is 0. The molecule has 0 saturated heterocycles. The monoisotopic (exact) mass is 180 g/mol. The molecule has 0 aromatic carbocycles. The minimum absolute atomic E-state index is 0.0378. The molecule has 0 spiro atoms. The summed E-state index contributed by atoms with van der Waals surface area (Å²) < 4.78 is 0. The second kappa shape index (κ2) is 5.21. The Hall–Kier alpha value is -1.49. The highest BCUT2D eigenvalue weighted by Crippen LogP contribution is 2.00. The molecule has 5 heteroatoms. The number of hydrogen-bond donors (Lipinski definition) is 2. The molecule has 13 heavy (non-hydrogen) atoms. The number of nitrogens with one attached hydrogen (secondary N) is 2. The van der Waals surface area contributed by atoms with Gasteiger partial charge in [0.05, 0.1) is 18.1 Å². The van der Waals surface area contributed by atoms with Crippen molar-refractivity contribution in [2.45, 2.75) is 6.42 Å². The molecule has 0 aliphatic heterocycles. The van der Waals surface area contributed by atoms with E-state index in [0.717, 1.165) is 0 Å². The first-order valence-corrected chi connectivity index (χ1v) is 4.02. The number of amides is 1. The number of rotatable bonds is 4. The third kappa shape index (κ3) is 3.62. The van der Waals surface area contributed by atoms with E-state index in [2.05, 4.69) is 20.6 Å². The van der Waals surface area contributed by atoms with Crippen molar-refractivity contribution in [2.24, 2.45) is 0 Å². The van der Waals surface area contributed by atoms with Gasteiger partial charge in [-0.25, -0.2) is 9.97 Å². The van der Waals surface area contributed by atoms with Crippen LogP contribution in [-0.2, 0) is 4.79 Å². The molecule has 2 N–H and O–H groups in total. The number of carbonyl (C=O) groups is 1. The first kappa shape index (κ1) is 9.60. The molecular formula is C8H12N4O. The quantitative estimate of drug-likeness (QED) is 0.685. The lowest BCUT2D eigenvalue weighted by atomic mass is 10.4. The first-order valence-electron chi connectivity index (χ1n) is 4.02. The average molecular weight is 180 g/mol. The number of anilines is 1. The molecular weight excluding hydrogens is 168 g/mol. The number of carbonyl (C=O) groups excluding carboxylic acids is 1. The summed E-state index contributed by atoms with van der Waals surface area (Å²) in [7, 11) is 1.80. The zero-order valence-corrected chi connectivity index (χ0v) is 7.45. The smallest absolute Gasteiger partial charge is 0.225 e. The van der Waals surface area contributed by atoms with Crippen molar-refractivity contribution in [3.63, 3.8) is 0 Å². The van der Waals surface area contributed by atoms with Crippen LogP contribution in [0.3, 0.4) is 0 Å². The van der Waals surface area contributed by atoms with Crippen LogP contribution in [0.2, 0.25) is 0 Å². The molecule has 70 valence electrons. The molecule has 0 aliphatic carbocycles. The molecule has 1 amide bonds. The van der Waals surface area contributed by atoms with E-state index in [4.69, 9.17) is 0 Å². The van der Waals surface area contributed by atoms with Crippen LogP contribution in [0, 0.1) is 0 Å². The maximum absolute atomic E-state index is 11.2. The van der Waals surface area contributed by atoms with Crippen LogP contribution in [0.15, 0.2) is 18.7 Å². The first-order chi connectivity index (χ1) is 6.33. The fourth-order valence-electron chi connectivity index (χ4n) is 0.826. The van der Waals surface area contributed by atoms with E-state index >= 15 is 0 Å². The van der Waals surface area contributed by atoms with Crippen LogP contribution in [0.4, 0.5) is 5.69 Å². The van der Waals surface area contributed by atoms with Crippen LogP contribution < -0.4 is 10.6 Å². The third-order valence-electron chi connectivity index (χ3n) is 1.45. The van der Waals surface area contributed by atoms with Gasteiger partial charge in [0, 0.05) is 13.0 Å². The van der Waals surface area contributed by atoms with Gasteiger partial charge < -0.3 is 10.6 Å². The van der Waals surface area contributed by atoms with Crippen molar-refractivity contribution < 1.29 is 4.79 Å². The molecule has 1 rings (SSSR count). The van der Waals surface area contributed by atoms with Crippen molar-refractivity contribution >= 4 is 11.6 Å². The van der Waals surface area contributed by atoms with Gasteiger partial charge in [0.15, 0.2) is 0 Å². The second-order valence-corrected chi connectivity index (χ2v) is 2.53. The fraction of sp³-hybridized carbons (Fsp3) is 0.375. The van der Waals surface area contributed by atoms with Crippen molar-refractivity contribution in [1.29, 1.82) is 0 Å². The van der Waals surface area contributed by atoms with Gasteiger partial charge in [-0.3, -0.25) is 4.79 Å². The number of aromatic nitrogens is 2. The Kier molecular flexibility index (Phi) is 3.84. The van der Waals surface area contributed by atoms with Gasteiger partial charge in [-0.05, 0) is 7.05 Å². The highest BCUT2D eigenvalue weighted by atomic mass is 16.1. The van der Waals surface area contributed by atoms with Gasteiger partial charge in [0.25, 0.3) is 0 Å². The topological polar surface area (TPSA) is 66.9 Å². The minimum Gasteiger partial charge on any atom is -0.323 e. The van der Waals surface area contributed by atoms with E-state index in [1.807, 2.05) is 0 Å². The maximum atomic E-state index is 11.2. The zero-order valence-electron chi connectivity index (χ0n) is 7.45. The van der Waals surface area contributed by atoms with E-state index in [9.17, 15) is 4.79 Å². The van der Waals surface area contributed by atoms with Gasteiger partial charge in [-0.15, -0.1) is 0 Å². The molecule has 0 unspecified atom stereocenters. The fourth-order valence-corrected chi connectivity index (χ4v) is 0.826. The molecule has 1 aromatic heterocycles. The lowest BCUT2D eigenvalue weighted by molar-refractivity contribution is -0.116. The van der Waals surface area contributed by atoms with E-state index in [0.29, 0.717) is 18.7 Å². The van der Waals surface area contributed by atoms with Gasteiger partial charge in [0.1, 0.15) is 6.33 Å². The van der Waals surface area contributed by atoms with E-state index in [1.165, 1.54) is 6.33 Å². The number of hydrogen-bond acceptors (Lipinski definition) is 4. The van der Waals surface area contributed by atoms with Crippen molar-refractivity contribution in [3.8, 4) is 0 Å². The van der Waals surface area contributed by atoms with Crippen LogP contribution in [-0.4, -0.2) is 29.5 Å². The van der Waals surface area contributed by atoms with Gasteiger partial charge in [-0.2, -0.15) is 0 Å². The Morgan fingerprint density at radius 1 is 1.46 bits per heavy atom. The van der Waals surface area contributed by atoms with Crippen molar-refractivity contribution in [1.82, 2.24) is 15.3 Å². The zero-order chi connectivity index (χ0) is 9.52. The third-order valence-corrected chi connectivity index (χ3v) is 1.45. The van der Waals surface area contributed by atoms with E-state index in [1.54, 1.807) is 19.4 Å². The Morgan fingerprint density at radius 3 is 2.77 bits per heavy atom. The lowest BCUT2D eigenvalue weighted by Gasteiger charge is -2.02. The molecule has 0 atom stereocenters. The summed E-state index contributed by atoms with van der Waals surface area (Å²) in [6.45, 7) is 0.666. The molecule has 1 aromatic rings. The molecule has 0 radical (unpaired) electrons. The average Bonchev–Trinajstić information content (AvgIpc) is 2.16. The largest absolute Gasteiger partial charge is 0.323 e. The summed E-state index contributed by atoms with van der Waals surface area (Å²) in [5.41, 5.74) is 0.628. The van der Waals surface area contributed by atoms with Gasteiger partial charge in [0.2, 0.25) is 5.91 Å². The van der Waals surface area contributed by atoms with Crippen LogP contribution in [0.5, 0.6) is 0 Å². The minimum atomic E-state index is -0.0378. The summed E-state index contributed by atoms with van der Waals surface area (Å²) in [4.78, 5) is 18.7. The summed E-state index contributed by atoms with van der Waals surface area (Å²) in [6.07, 6.45) is 4.99. The predicted molar refractivity (Wildman–Crippen MR) is 49.2 cm³/mol. The molecule has 0 aliphatic rings. The van der Waals surface area contributed by atoms with E-state index in [-0.39, 0.29) is 5.91 Å². The Morgan fingerprint density at radius 2 is 2.15 bits per heavy atom. The van der Waals surface area contributed by atoms with Crippen LogP contribution >= 0.6 is 0 Å². The SMILES string of the molecule is CNCCC(=O)Nc1cncnc1. The summed E-state index contributed by atoms with van der Waals surface area (Å²) in [6, 6.07) is 0. The molecule has 1 heterocycles. The Labute approximate surface area is 76.6 Å². The predicted octanol–water partition coefficient (Wildman–Crippen LogP) is 0.0246. The highest BCUT2D eigenvalue weighted by Gasteiger charge is 2.00. The number of nitrogens with zero attached hydrogens (tertiary/aromatic N) is 2. The lowest BCUT2D eigenvalue weighted by Crippen LogP contribution is -2.18. The van der Waals surface area contributed by atoms with Crippen LogP contribution in [0.1, 0.15) is 6.42 Å². The summed E-state index contributed by atoms with van der Waals surface area (Å²) in [5.74, 6) is -0.0378. The normalized spacial score (nSPS) is 9.62. The van der Waals surface area contributed by atoms with E-state index < -0.39 is 0 Å². The molecule has 5 nitrogen and oxygen atoms in total. The molecule has 0 fully saturated rings. The summed E-state index contributed by atoms with van der Waals surface area (Å²) in [5, 5.41) is 5.57. The molecule has 0 saturated carbocycles. The standard InChI is InChI=1S/C8H12N4O/c1-9-3-2-8(13)12-7-4-10-6-11-5-7/h4-6,9H,2-3H2,1H3,(H,12,13). The maximum Gasteiger partial charge on any atom is 0.225 e. The molecule has 0 bridgehead atoms. The van der Waals surface area contributed by atoms with Crippen molar-refractivity contribution in [2.75, 3.05) is 18.9 Å². The van der Waals surface area contributed by atoms with Crippen molar-refractivity contribution in [3.05, 3.63) is 18.7 Å². The van der Waals surface area contributed by atoms with Gasteiger partial charge in [-0.1, -0.05) is 0 Å².